The number of nitrogens with one attached hydrogen (secondary N) is 2. The molecular formula is C16H25Cl2N5OS. The molecule has 140 valence electrons. The average Bonchev–Trinajstić information content (AvgIpc) is 3.19. The van der Waals surface area contributed by atoms with Gasteiger partial charge in [-0.05, 0) is 19.4 Å². The minimum atomic E-state index is -0.0245. The molecule has 0 bridgehead atoms. The molecule has 3 heterocycles. The van der Waals surface area contributed by atoms with E-state index in [0.717, 1.165) is 35.8 Å². The van der Waals surface area contributed by atoms with E-state index in [2.05, 4.69) is 20.7 Å². The Hall–Kier alpha value is -1.15. The highest BCUT2D eigenvalue weighted by molar-refractivity contribution is 7.11. The second-order valence-electron chi connectivity index (χ2n) is 6.10. The number of halogens is 2. The van der Waals surface area contributed by atoms with Crippen LogP contribution in [0.5, 0.6) is 0 Å². The SMILES string of the molecule is Cc1nc(C)c(CCNC(=O)[C@H]2CNC[C@@H]2c2cnn(C)c2)s1.Cl.Cl. The van der Waals surface area contributed by atoms with Crippen LogP contribution in [0.3, 0.4) is 0 Å². The molecule has 0 unspecified atom stereocenters. The van der Waals surface area contributed by atoms with E-state index in [1.54, 1.807) is 16.0 Å². The fraction of sp³-hybridized carbons (Fsp3) is 0.562. The zero-order chi connectivity index (χ0) is 16.4. The van der Waals surface area contributed by atoms with Gasteiger partial charge in [0.15, 0.2) is 0 Å². The van der Waals surface area contributed by atoms with Gasteiger partial charge in [-0.2, -0.15) is 5.10 Å². The molecule has 1 aliphatic rings. The van der Waals surface area contributed by atoms with E-state index < -0.39 is 0 Å². The summed E-state index contributed by atoms with van der Waals surface area (Å²) in [6.45, 7) is 6.26. The number of amides is 1. The lowest BCUT2D eigenvalue weighted by Gasteiger charge is -2.16. The molecule has 2 atom stereocenters. The summed E-state index contributed by atoms with van der Waals surface area (Å²) in [5.41, 5.74) is 2.21. The summed E-state index contributed by atoms with van der Waals surface area (Å²) in [7, 11) is 1.90. The number of carbonyl (C=O) groups is 1. The third-order valence-corrected chi connectivity index (χ3v) is 5.49. The maximum Gasteiger partial charge on any atom is 0.225 e. The van der Waals surface area contributed by atoms with Crippen molar-refractivity contribution in [3.05, 3.63) is 33.5 Å². The molecule has 3 rings (SSSR count). The Morgan fingerprint density at radius 3 is 2.76 bits per heavy atom. The number of nitrogens with zero attached hydrogens (tertiary/aromatic N) is 3. The first-order valence-corrected chi connectivity index (χ1v) is 8.76. The van der Waals surface area contributed by atoms with E-state index in [4.69, 9.17) is 0 Å². The van der Waals surface area contributed by atoms with Crippen LogP contribution in [0.4, 0.5) is 0 Å². The minimum Gasteiger partial charge on any atom is -0.355 e. The minimum absolute atomic E-state index is 0. The van der Waals surface area contributed by atoms with Crippen LogP contribution < -0.4 is 10.6 Å². The highest BCUT2D eigenvalue weighted by Crippen LogP contribution is 2.27. The summed E-state index contributed by atoms with van der Waals surface area (Å²) < 4.78 is 1.79. The monoisotopic (exact) mass is 405 g/mol. The van der Waals surface area contributed by atoms with Crippen LogP contribution in [0, 0.1) is 19.8 Å². The molecule has 1 amide bonds. The van der Waals surface area contributed by atoms with Crippen LogP contribution in [0.1, 0.15) is 27.1 Å². The van der Waals surface area contributed by atoms with Crippen LogP contribution in [-0.2, 0) is 18.3 Å². The van der Waals surface area contributed by atoms with E-state index in [1.807, 2.05) is 33.3 Å². The summed E-state index contributed by atoms with van der Waals surface area (Å²) in [5, 5.41) is 11.7. The van der Waals surface area contributed by atoms with Gasteiger partial charge in [-0.15, -0.1) is 36.2 Å². The highest BCUT2D eigenvalue weighted by atomic mass is 35.5. The van der Waals surface area contributed by atoms with Gasteiger partial charge >= 0.3 is 0 Å². The predicted octanol–water partition coefficient (Wildman–Crippen LogP) is 2.00. The van der Waals surface area contributed by atoms with E-state index >= 15 is 0 Å². The van der Waals surface area contributed by atoms with Crippen molar-refractivity contribution in [2.45, 2.75) is 26.2 Å². The number of carbonyl (C=O) groups excluding carboxylic acids is 1. The average molecular weight is 406 g/mol. The Bertz CT molecular complexity index is 703. The van der Waals surface area contributed by atoms with Crippen molar-refractivity contribution in [2.24, 2.45) is 13.0 Å². The number of aromatic nitrogens is 3. The molecule has 2 aromatic heterocycles. The van der Waals surface area contributed by atoms with Gasteiger partial charge in [0.2, 0.25) is 5.91 Å². The summed E-state index contributed by atoms with van der Waals surface area (Å²) in [5.74, 6) is 0.308. The van der Waals surface area contributed by atoms with Crippen molar-refractivity contribution in [3.8, 4) is 0 Å². The molecule has 2 N–H and O–H groups in total. The molecule has 1 aliphatic heterocycles. The number of aryl methyl sites for hydroxylation is 3. The second-order valence-corrected chi connectivity index (χ2v) is 7.39. The van der Waals surface area contributed by atoms with Crippen molar-refractivity contribution in [3.63, 3.8) is 0 Å². The number of thiazole rings is 1. The maximum atomic E-state index is 12.5. The molecule has 0 saturated carbocycles. The van der Waals surface area contributed by atoms with Gasteiger partial charge in [0, 0.05) is 50.1 Å². The first-order valence-electron chi connectivity index (χ1n) is 7.94. The first-order chi connectivity index (χ1) is 11.0. The summed E-state index contributed by atoms with van der Waals surface area (Å²) >= 11 is 1.71. The lowest BCUT2D eigenvalue weighted by molar-refractivity contribution is -0.124. The van der Waals surface area contributed by atoms with Crippen LogP contribution in [-0.4, -0.2) is 40.3 Å². The molecule has 0 radical (unpaired) electrons. The lowest BCUT2D eigenvalue weighted by atomic mass is 9.90. The molecule has 0 spiro atoms. The number of hydrogen-bond donors (Lipinski definition) is 2. The number of rotatable bonds is 5. The van der Waals surface area contributed by atoms with Crippen molar-refractivity contribution in [1.29, 1.82) is 0 Å². The van der Waals surface area contributed by atoms with Gasteiger partial charge in [0.05, 0.1) is 22.8 Å². The molecular weight excluding hydrogens is 381 g/mol. The largest absolute Gasteiger partial charge is 0.355 e. The van der Waals surface area contributed by atoms with Crippen molar-refractivity contribution in [1.82, 2.24) is 25.4 Å². The van der Waals surface area contributed by atoms with Crippen LogP contribution in [0.25, 0.3) is 0 Å². The van der Waals surface area contributed by atoms with Gasteiger partial charge in [0.25, 0.3) is 0 Å². The van der Waals surface area contributed by atoms with Crippen molar-refractivity contribution < 1.29 is 4.79 Å². The molecule has 6 nitrogen and oxygen atoms in total. The van der Waals surface area contributed by atoms with Gasteiger partial charge in [-0.3, -0.25) is 9.48 Å². The van der Waals surface area contributed by atoms with E-state index in [1.165, 1.54) is 4.88 Å². The lowest BCUT2D eigenvalue weighted by Crippen LogP contribution is -2.35. The highest BCUT2D eigenvalue weighted by Gasteiger charge is 2.34. The topological polar surface area (TPSA) is 71.8 Å². The van der Waals surface area contributed by atoms with E-state index in [0.29, 0.717) is 6.54 Å². The van der Waals surface area contributed by atoms with Crippen LogP contribution in [0.2, 0.25) is 0 Å². The van der Waals surface area contributed by atoms with Gasteiger partial charge in [0.1, 0.15) is 0 Å². The van der Waals surface area contributed by atoms with Gasteiger partial charge in [-0.1, -0.05) is 0 Å². The fourth-order valence-electron chi connectivity index (χ4n) is 3.17. The van der Waals surface area contributed by atoms with Crippen LogP contribution >= 0.6 is 36.2 Å². The summed E-state index contributed by atoms with van der Waals surface area (Å²) in [4.78, 5) is 18.2. The van der Waals surface area contributed by atoms with Crippen molar-refractivity contribution >= 4 is 42.1 Å². The Morgan fingerprint density at radius 1 is 1.40 bits per heavy atom. The third-order valence-electron chi connectivity index (χ3n) is 4.35. The second kappa shape index (κ2) is 9.52. The molecule has 1 saturated heterocycles. The van der Waals surface area contributed by atoms with Gasteiger partial charge in [-0.25, -0.2) is 4.98 Å². The Labute approximate surface area is 164 Å². The van der Waals surface area contributed by atoms with Crippen LogP contribution in [0.15, 0.2) is 12.4 Å². The summed E-state index contributed by atoms with van der Waals surface area (Å²) in [6, 6.07) is 0. The first kappa shape index (κ1) is 21.9. The Kier molecular flexibility index (Phi) is 8.34. The summed E-state index contributed by atoms with van der Waals surface area (Å²) in [6.07, 6.45) is 4.71. The standard InChI is InChI=1S/C16H23N5OS.2ClH/c1-10-15(23-11(2)20-10)4-5-18-16(22)14-8-17-7-13(14)12-6-19-21(3)9-12;;/h6,9,13-14,17H,4-5,7-8H2,1-3H3,(H,18,22);2*1H/t13-,14+;;/m1../s1. The zero-order valence-corrected chi connectivity index (χ0v) is 17.1. The third kappa shape index (κ3) is 5.17. The van der Waals surface area contributed by atoms with E-state index in [-0.39, 0.29) is 42.6 Å². The normalized spacial score (nSPS) is 19.2. The number of hydrogen-bond acceptors (Lipinski definition) is 5. The molecule has 0 aliphatic carbocycles. The van der Waals surface area contributed by atoms with E-state index in [9.17, 15) is 4.79 Å². The Balaban J connectivity index is 0.00000156. The molecule has 2 aromatic rings. The molecule has 1 fully saturated rings. The Morgan fingerprint density at radius 2 is 2.16 bits per heavy atom. The molecule has 25 heavy (non-hydrogen) atoms. The predicted molar refractivity (Wildman–Crippen MR) is 105 cm³/mol. The quantitative estimate of drug-likeness (QED) is 0.797. The maximum absolute atomic E-state index is 12.5. The van der Waals surface area contributed by atoms with Gasteiger partial charge < -0.3 is 10.6 Å². The zero-order valence-electron chi connectivity index (χ0n) is 14.6. The smallest absolute Gasteiger partial charge is 0.225 e. The molecule has 9 heteroatoms. The van der Waals surface area contributed by atoms with Crippen molar-refractivity contribution in [2.75, 3.05) is 19.6 Å². The molecule has 0 aromatic carbocycles. The fourth-order valence-corrected chi connectivity index (χ4v) is 4.11.